The summed E-state index contributed by atoms with van der Waals surface area (Å²) in [6.45, 7) is 3.00. The van der Waals surface area contributed by atoms with Crippen molar-refractivity contribution in [3.63, 3.8) is 0 Å². The third kappa shape index (κ3) is 2.47. The van der Waals surface area contributed by atoms with Crippen molar-refractivity contribution < 1.29 is 9.90 Å². The zero-order valence-corrected chi connectivity index (χ0v) is 11.9. The topological polar surface area (TPSA) is 40.5 Å². The number of carboxylic acids is 1. The van der Waals surface area contributed by atoms with Crippen LogP contribution in [0.4, 0.5) is 0 Å². The summed E-state index contributed by atoms with van der Waals surface area (Å²) in [5.41, 5.74) is 0.918. The number of hydrogen-bond acceptors (Lipinski definition) is 2. The lowest BCUT2D eigenvalue weighted by Gasteiger charge is -2.48. The van der Waals surface area contributed by atoms with Gasteiger partial charge in [0.15, 0.2) is 0 Å². The van der Waals surface area contributed by atoms with E-state index in [0.29, 0.717) is 5.92 Å². The Morgan fingerprint density at radius 1 is 1.25 bits per heavy atom. The Morgan fingerprint density at radius 2 is 2.00 bits per heavy atom. The first-order chi connectivity index (χ1) is 9.71. The molecule has 1 aliphatic carbocycles. The molecule has 1 atom stereocenters. The van der Waals surface area contributed by atoms with Crippen LogP contribution in [0.15, 0.2) is 30.3 Å². The fraction of sp³-hybridized carbons (Fsp3) is 0.588. The van der Waals surface area contributed by atoms with Gasteiger partial charge in [0.05, 0.1) is 5.41 Å². The summed E-state index contributed by atoms with van der Waals surface area (Å²) < 4.78 is 0. The molecule has 3 nitrogen and oxygen atoms in total. The van der Waals surface area contributed by atoms with Crippen LogP contribution < -0.4 is 0 Å². The number of carbonyl (C=O) groups is 1. The molecule has 1 aliphatic heterocycles. The molecule has 108 valence electrons. The van der Waals surface area contributed by atoms with E-state index in [1.807, 2.05) is 6.07 Å². The number of hydrogen-bond donors (Lipinski definition) is 1. The summed E-state index contributed by atoms with van der Waals surface area (Å²) in [4.78, 5) is 14.1. The molecule has 2 fully saturated rings. The Balaban J connectivity index is 1.66. The highest BCUT2D eigenvalue weighted by Gasteiger charge is 2.51. The summed E-state index contributed by atoms with van der Waals surface area (Å²) in [5, 5.41) is 9.59. The van der Waals surface area contributed by atoms with E-state index >= 15 is 0 Å². The molecule has 1 saturated heterocycles. The molecular formula is C17H23NO2. The highest BCUT2D eigenvalue weighted by Crippen LogP contribution is 2.50. The van der Waals surface area contributed by atoms with Crippen LogP contribution in [-0.4, -0.2) is 29.1 Å². The average Bonchev–Trinajstić information content (AvgIpc) is 2.38. The number of carboxylic acid groups (broad SMARTS) is 1. The van der Waals surface area contributed by atoms with Gasteiger partial charge in [0.25, 0.3) is 0 Å². The van der Waals surface area contributed by atoms with Crippen molar-refractivity contribution in [2.24, 2.45) is 11.3 Å². The van der Waals surface area contributed by atoms with Crippen LogP contribution in [0.1, 0.15) is 37.7 Å². The molecular weight excluding hydrogens is 250 g/mol. The van der Waals surface area contributed by atoms with Gasteiger partial charge < -0.3 is 5.11 Å². The summed E-state index contributed by atoms with van der Waals surface area (Å²) in [5.74, 6) is -0.221. The number of likely N-dealkylation sites (tertiary alicyclic amines) is 1. The van der Waals surface area contributed by atoms with E-state index in [-0.39, 0.29) is 0 Å². The van der Waals surface area contributed by atoms with E-state index in [4.69, 9.17) is 0 Å². The summed E-state index contributed by atoms with van der Waals surface area (Å²) in [6, 6.07) is 10.5. The van der Waals surface area contributed by atoms with Crippen LogP contribution in [0.3, 0.4) is 0 Å². The smallest absolute Gasteiger partial charge is 0.309 e. The van der Waals surface area contributed by atoms with Crippen molar-refractivity contribution in [3.05, 3.63) is 35.9 Å². The van der Waals surface area contributed by atoms with Crippen LogP contribution in [0.25, 0.3) is 0 Å². The fourth-order valence-electron chi connectivity index (χ4n) is 3.85. The molecule has 0 bridgehead atoms. The molecule has 2 aliphatic rings. The fourth-order valence-corrected chi connectivity index (χ4v) is 3.85. The molecule has 3 rings (SSSR count). The van der Waals surface area contributed by atoms with Gasteiger partial charge in [-0.2, -0.15) is 0 Å². The highest BCUT2D eigenvalue weighted by atomic mass is 16.4. The minimum absolute atomic E-state index is 0.339. The maximum atomic E-state index is 11.6. The van der Waals surface area contributed by atoms with Gasteiger partial charge in [0, 0.05) is 13.1 Å². The zero-order chi connectivity index (χ0) is 14.0. The van der Waals surface area contributed by atoms with Crippen molar-refractivity contribution in [3.8, 4) is 0 Å². The predicted octanol–water partition coefficient (Wildman–Crippen LogP) is 3.15. The van der Waals surface area contributed by atoms with E-state index in [1.54, 1.807) is 0 Å². The molecule has 1 unspecified atom stereocenters. The second-order valence-corrected chi connectivity index (χ2v) is 6.37. The van der Waals surface area contributed by atoms with Gasteiger partial charge in [-0.25, -0.2) is 0 Å². The van der Waals surface area contributed by atoms with E-state index in [0.717, 1.165) is 51.7 Å². The van der Waals surface area contributed by atoms with Gasteiger partial charge in [-0.3, -0.25) is 9.69 Å². The Hall–Kier alpha value is -1.35. The third-order valence-corrected chi connectivity index (χ3v) is 5.21. The molecule has 0 aromatic heterocycles. The minimum Gasteiger partial charge on any atom is -0.481 e. The number of nitrogens with zero attached hydrogens (tertiary/aromatic N) is 1. The van der Waals surface area contributed by atoms with Crippen molar-refractivity contribution in [1.29, 1.82) is 0 Å². The number of rotatable bonds is 4. The van der Waals surface area contributed by atoms with Crippen LogP contribution >= 0.6 is 0 Å². The molecule has 1 heterocycles. The third-order valence-electron chi connectivity index (χ3n) is 5.21. The molecule has 1 aromatic rings. The second kappa shape index (κ2) is 5.57. The maximum Gasteiger partial charge on any atom is 0.309 e. The first kappa shape index (κ1) is 13.6. The van der Waals surface area contributed by atoms with Gasteiger partial charge in [-0.15, -0.1) is 0 Å². The Labute approximate surface area is 120 Å². The van der Waals surface area contributed by atoms with Crippen molar-refractivity contribution in [2.45, 2.75) is 38.6 Å². The van der Waals surface area contributed by atoms with Crippen molar-refractivity contribution in [1.82, 2.24) is 4.90 Å². The largest absolute Gasteiger partial charge is 0.481 e. The Bertz CT molecular complexity index is 467. The van der Waals surface area contributed by atoms with Crippen LogP contribution in [0, 0.1) is 11.3 Å². The first-order valence-corrected chi connectivity index (χ1v) is 7.70. The Kier molecular flexibility index (Phi) is 3.79. The predicted molar refractivity (Wildman–Crippen MR) is 78.4 cm³/mol. The zero-order valence-electron chi connectivity index (χ0n) is 11.9. The SMILES string of the molecule is O=C(O)C1(C2CCCN(Cc3ccccc3)C2)CCC1. The quantitative estimate of drug-likeness (QED) is 0.916. The summed E-state index contributed by atoms with van der Waals surface area (Å²) in [6.07, 6.45) is 5.06. The highest BCUT2D eigenvalue weighted by molar-refractivity contribution is 5.76. The van der Waals surface area contributed by atoms with Crippen molar-refractivity contribution >= 4 is 5.97 Å². The second-order valence-electron chi connectivity index (χ2n) is 6.37. The average molecular weight is 273 g/mol. The van der Waals surface area contributed by atoms with Crippen LogP contribution in [-0.2, 0) is 11.3 Å². The van der Waals surface area contributed by atoms with Gasteiger partial charge in [-0.05, 0) is 43.7 Å². The standard InChI is InChI=1S/C17H23NO2/c19-16(20)17(9-5-10-17)15-8-4-11-18(13-15)12-14-6-2-1-3-7-14/h1-3,6-7,15H,4-5,8-13H2,(H,19,20). The van der Waals surface area contributed by atoms with Crippen molar-refractivity contribution in [2.75, 3.05) is 13.1 Å². The normalized spacial score (nSPS) is 25.9. The molecule has 20 heavy (non-hydrogen) atoms. The number of piperidine rings is 1. The lowest BCUT2D eigenvalue weighted by Crippen LogP contribution is -2.50. The van der Waals surface area contributed by atoms with E-state index in [9.17, 15) is 9.90 Å². The monoisotopic (exact) mass is 273 g/mol. The number of benzene rings is 1. The van der Waals surface area contributed by atoms with Gasteiger partial charge in [0.1, 0.15) is 0 Å². The van der Waals surface area contributed by atoms with Crippen LogP contribution in [0.2, 0.25) is 0 Å². The van der Waals surface area contributed by atoms with Gasteiger partial charge in [-0.1, -0.05) is 36.8 Å². The molecule has 1 aromatic carbocycles. The number of aliphatic carboxylic acids is 1. The lowest BCUT2D eigenvalue weighted by atomic mass is 9.59. The Morgan fingerprint density at radius 3 is 2.60 bits per heavy atom. The molecule has 1 N–H and O–H groups in total. The molecule has 0 radical (unpaired) electrons. The van der Waals surface area contributed by atoms with E-state index < -0.39 is 11.4 Å². The van der Waals surface area contributed by atoms with Crippen LogP contribution in [0.5, 0.6) is 0 Å². The maximum absolute atomic E-state index is 11.6. The molecule has 0 spiro atoms. The van der Waals surface area contributed by atoms with E-state index in [2.05, 4.69) is 29.2 Å². The lowest BCUT2D eigenvalue weighted by molar-refractivity contribution is -0.162. The van der Waals surface area contributed by atoms with Gasteiger partial charge in [0.2, 0.25) is 0 Å². The minimum atomic E-state index is -0.560. The molecule has 0 amide bonds. The van der Waals surface area contributed by atoms with E-state index in [1.165, 1.54) is 5.56 Å². The summed E-state index contributed by atoms with van der Waals surface area (Å²) >= 11 is 0. The molecule has 1 saturated carbocycles. The summed E-state index contributed by atoms with van der Waals surface area (Å²) in [7, 11) is 0. The molecule has 3 heteroatoms. The van der Waals surface area contributed by atoms with Gasteiger partial charge >= 0.3 is 5.97 Å². The first-order valence-electron chi connectivity index (χ1n) is 7.70.